The summed E-state index contributed by atoms with van der Waals surface area (Å²) in [5, 5.41) is 2.66. The molecule has 86 valence electrons. The molecule has 0 fully saturated rings. The van der Waals surface area contributed by atoms with Crippen LogP contribution in [-0.4, -0.2) is 15.9 Å². The van der Waals surface area contributed by atoms with Gasteiger partial charge in [0.25, 0.3) is 5.91 Å². The average Bonchev–Trinajstić information content (AvgIpc) is 2.29. The fraction of sp³-hybridized carbons (Fsp3) is 0. The van der Waals surface area contributed by atoms with Gasteiger partial charge in [-0.25, -0.2) is 4.98 Å². The molecule has 0 atom stereocenters. The molecule has 0 radical (unpaired) electrons. The number of rotatable bonds is 2. The number of aromatic nitrogens is 2. The Balaban J connectivity index is 2.20. The zero-order valence-electron chi connectivity index (χ0n) is 8.52. The van der Waals surface area contributed by atoms with Crippen molar-refractivity contribution in [3.63, 3.8) is 0 Å². The lowest BCUT2D eigenvalue weighted by Gasteiger charge is -2.04. The molecule has 0 unspecified atom stereocenters. The second-order valence-electron chi connectivity index (χ2n) is 3.20. The first-order valence-electron chi connectivity index (χ1n) is 4.68. The highest BCUT2D eigenvalue weighted by Crippen LogP contribution is 2.20. The van der Waals surface area contributed by atoms with Crippen molar-refractivity contribution in [2.75, 3.05) is 5.32 Å². The van der Waals surface area contributed by atoms with Gasteiger partial charge in [-0.3, -0.25) is 9.78 Å². The fourth-order valence-electron chi connectivity index (χ4n) is 1.24. The topological polar surface area (TPSA) is 54.9 Å². The summed E-state index contributed by atoms with van der Waals surface area (Å²) in [5.41, 5.74) is 0.539. The van der Waals surface area contributed by atoms with E-state index in [1.807, 2.05) is 6.07 Å². The summed E-state index contributed by atoms with van der Waals surface area (Å²) in [6, 6.07) is 5.33. The zero-order valence-corrected chi connectivity index (χ0v) is 11.7. The molecule has 1 aromatic heterocycles. The Labute approximate surface area is 115 Å². The van der Waals surface area contributed by atoms with Crippen LogP contribution < -0.4 is 5.32 Å². The highest BCUT2D eigenvalue weighted by Gasteiger charge is 2.08. The van der Waals surface area contributed by atoms with Crippen LogP contribution in [0, 0.1) is 0 Å². The third-order valence-corrected chi connectivity index (χ3v) is 2.85. The molecule has 1 N–H and O–H groups in total. The lowest BCUT2D eigenvalue weighted by atomic mass is 10.2. The minimum atomic E-state index is -0.229. The Hall–Kier alpha value is -1.27. The van der Waals surface area contributed by atoms with E-state index in [4.69, 9.17) is 0 Å². The van der Waals surface area contributed by atoms with Gasteiger partial charge in [0.1, 0.15) is 0 Å². The molecular weight excluding hydrogens is 350 g/mol. The first-order valence-corrected chi connectivity index (χ1v) is 6.27. The van der Waals surface area contributed by atoms with E-state index in [-0.39, 0.29) is 5.91 Å². The van der Waals surface area contributed by atoms with E-state index in [2.05, 4.69) is 47.1 Å². The number of halogens is 2. The summed E-state index contributed by atoms with van der Waals surface area (Å²) in [6.07, 6.45) is 4.56. The summed E-state index contributed by atoms with van der Waals surface area (Å²) >= 11 is 6.66. The predicted molar refractivity (Wildman–Crippen MR) is 71.8 cm³/mol. The van der Waals surface area contributed by atoms with Crippen molar-refractivity contribution in [3.05, 3.63) is 51.3 Å². The summed E-state index contributed by atoms with van der Waals surface area (Å²) in [5.74, 6) is 0.195. The number of nitrogens with one attached hydrogen (secondary N) is 1. The van der Waals surface area contributed by atoms with Crippen molar-refractivity contribution in [2.24, 2.45) is 0 Å². The lowest BCUT2D eigenvalue weighted by Crippen LogP contribution is -2.13. The van der Waals surface area contributed by atoms with E-state index in [1.54, 1.807) is 18.3 Å². The van der Waals surface area contributed by atoms with Gasteiger partial charge in [-0.05, 0) is 18.2 Å². The van der Waals surface area contributed by atoms with Crippen LogP contribution in [0.2, 0.25) is 0 Å². The molecule has 0 aliphatic heterocycles. The maximum atomic E-state index is 11.9. The molecule has 2 aromatic rings. The molecule has 17 heavy (non-hydrogen) atoms. The van der Waals surface area contributed by atoms with E-state index < -0.39 is 0 Å². The zero-order chi connectivity index (χ0) is 12.3. The van der Waals surface area contributed by atoms with Crippen molar-refractivity contribution in [1.82, 2.24) is 9.97 Å². The smallest absolute Gasteiger partial charge is 0.256 e. The summed E-state index contributed by atoms with van der Waals surface area (Å²) < 4.78 is 1.66. The van der Waals surface area contributed by atoms with Gasteiger partial charge in [-0.1, -0.05) is 31.9 Å². The Morgan fingerprint density at radius 2 is 1.82 bits per heavy atom. The number of amides is 1. The Morgan fingerprint density at radius 1 is 1.12 bits per heavy atom. The molecule has 0 bridgehead atoms. The number of carbonyl (C=O) groups is 1. The number of hydrogen-bond donors (Lipinski definition) is 1. The summed E-state index contributed by atoms with van der Waals surface area (Å²) in [7, 11) is 0. The Kier molecular flexibility index (Phi) is 3.86. The van der Waals surface area contributed by atoms with Gasteiger partial charge < -0.3 is 5.32 Å². The molecule has 0 spiro atoms. The number of carbonyl (C=O) groups excluding carboxylic acids is 1. The van der Waals surface area contributed by atoms with Crippen molar-refractivity contribution in [3.8, 4) is 0 Å². The monoisotopic (exact) mass is 355 g/mol. The predicted octanol–water partition coefficient (Wildman–Crippen LogP) is 3.25. The number of benzene rings is 1. The minimum Gasteiger partial charge on any atom is -0.305 e. The van der Waals surface area contributed by atoms with Crippen LogP contribution in [0.1, 0.15) is 10.4 Å². The van der Waals surface area contributed by atoms with Gasteiger partial charge in [0.05, 0.1) is 6.20 Å². The second-order valence-corrected chi connectivity index (χ2v) is 5.03. The van der Waals surface area contributed by atoms with Crippen LogP contribution in [0.25, 0.3) is 0 Å². The van der Waals surface area contributed by atoms with Gasteiger partial charge in [-0.2, -0.15) is 0 Å². The standard InChI is InChI=1S/C11H7Br2N3O/c12-8-3-7(4-9(13)5-8)11(17)16-10-6-14-1-2-15-10/h1-6H,(H,15,16,17). The largest absolute Gasteiger partial charge is 0.305 e. The molecule has 0 aliphatic carbocycles. The van der Waals surface area contributed by atoms with E-state index in [1.165, 1.54) is 12.4 Å². The number of hydrogen-bond acceptors (Lipinski definition) is 3. The third kappa shape index (κ3) is 3.34. The van der Waals surface area contributed by atoms with Gasteiger partial charge >= 0.3 is 0 Å². The maximum absolute atomic E-state index is 11.9. The van der Waals surface area contributed by atoms with Gasteiger partial charge in [-0.15, -0.1) is 0 Å². The molecule has 0 aliphatic rings. The summed E-state index contributed by atoms with van der Waals surface area (Å²) in [6.45, 7) is 0. The quantitative estimate of drug-likeness (QED) is 0.898. The van der Waals surface area contributed by atoms with E-state index in [0.717, 1.165) is 8.95 Å². The van der Waals surface area contributed by atoms with E-state index in [0.29, 0.717) is 11.4 Å². The molecule has 1 aromatic carbocycles. The molecule has 4 nitrogen and oxygen atoms in total. The van der Waals surface area contributed by atoms with E-state index >= 15 is 0 Å². The molecular formula is C11H7Br2N3O. The highest BCUT2D eigenvalue weighted by molar-refractivity contribution is 9.11. The van der Waals surface area contributed by atoms with Crippen molar-refractivity contribution < 1.29 is 4.79 Å². The molecule has 0 saturated carbocycles. The van der Waals surface area contributed by atoms with Crippen LogP contribution in [0.4, 0.5) is 5.82 Å². The first kappa shape index (κ1) is 12.2. The minimum absolute atomic E-state index is 0.229. The molecule has 1 amide bonds. The molecule has 0 saturated heterocycles. The molecule has 2 rings (SSSR count). The third-order valence-electron chi connectivity index (χ3n) is 1.93. The second kappa shape index (κ2) is 5.37. The fourth-order valence-corrected chi connectivity index (χ4v) is 2.53. The van der Waals surface area contributed by atoms with Crippen LogP contribution >= 0.6 is 31.9 Å². The van der Waals surface area contributed by atoms with Crippen LogP contribution in [0.3, 0.4) is 0 Å². The first-order chi connectivity index (χ1) is 8.15. The SMILES string of the molecule is O=C(Nc1cnccn1)c1cc(Br)cc(Br)c1. The van der Waals surface area contributed by atoms with Crippen LogP contribution in [-0.2, 0) is 0 Å². The van der Waals surface area contributed by atoms with Crippen LogP contribution in [0.15, 0.2) is 45.7 Å². The normalized spacial score (nSPS) is 10.0. The molecule has 6 heteroatoms. The van der Waals surface area contributed by atoms with Crippen molar-refractivity contribution in [2.45, 2.75) is 0 Å². The number of anilines is 1. The van der Waals surface area contributed by atoms with Crippen LogP contribution in [0.5, 0.6) is 0 Å². The van der Waals surface area contributed by atoms with Gasteiger partial charge in [0.15, 0.2) is 5.82 Å². The van der Waals surface area contributed by atoms with Gasteiger partial charge in [0.2, 0.25) is 0 Å². The maximum Gasteiger partial charge on any atom is 0.256 e. The summed E-state index contributed by atoms with van der Waals surface area (Å²) in [4.78, 5) is 19.7. The van der Waals surface area contributed by atoms with Crippen molar-refractivity contribution in [1.29, 1.82) is 0 Å². The lowest BCUT2D eigenvalue weighted by molar-refractivity contribution is 0.102. The van der Waals surface area contributed by atoms with Crippen molar-refractivity contribution >= 4 is 43.6 Å². The van der Waals surface area contributed by atoms with E-state index in [9.17, 15) is 4.79 Å². The number of nitrogens with zero attached hydrogens (tertiary/aromatic N) is 2. The van der Waals surface area contributed by atoms with Gasteiger partial charge in [0, 0.05) is 26.9 Å². The molecule has 1 heterocycles. The Bertz CT molecular complexity index is 525. The average molecular weight is 357 g/mol. The highest BCUT2D eigenvalue weighted by atomic mass is 79.9. The Morgan fingerprint density at radius 3 is 2.41 bits per heavy atom.